The number of nitrogens with one attached hydrogen (secondary N) is 1. The van der Waals surface area contributed by atoms with Crippen molar-refractivity contribution in [2.45, 2.75) is 39.9 Å². The molecule has 3 nitrogen and oxygen atoms in total. The minimum Gasteiger partial charge on any atom is -0.467 e. The number of hydrogen-bond acceptors (Lipinski definition) is 3. The van der Waals surface area contributed by atoms with Gasteiger partial charge in [-0.2, -0.15) is 0 Å². The second kappa shape index (κ2) is 7.66. The molecule has 0 unspecified atom stereocenters. The van der Waals surface area contributed by atoms with Crippen LogP contribution >= 0.6 is 15.9 Å². The van der Waals surface area contributed by atoms with Gasteiger partial charge >= 0.3 is 0 Å². The maximum absolute atomic E-state index is 5.44. The largest absolute Gasteiger partial charge is 0.467 e. The lowest BCUT2D eigenvalue weighted by Crippen LogP contribution is -2.23. The van der Waals surface area contributed by atoms with E-state index in [4.69, 9.17) is 4.42 Å². The molecule has 0 saturated heterocycles. The Bertz CT molecular complexity index is 552. The molecule has 0 atom stereocenters. The third kappa shape index (κ3) is 4.61. The van der Waals surface area contributed by atoms with Gasteiger partial charge in [-0.1, -0.05) is 35.8 Å². The van der Waals surface area contributed by atoms with Gasteiger partial charge in [0.2, 0.25) is 0 Å². The zero-order chi connectivity index (χ0) is 15.2. The first kappa shape index (κ1) is 16.1. The molecule has 114 valence electrons. The normalized spacial score (nSPS) is 11.1. The first-order valence-corrected chi connectivity index (χ1v) is 8.18. The molecule has 0 bridgehead atoms. The monoisotopic (exact) mass is 350 g/mol. The lowest BCUT2D eigenvalue weighted by Gasteiger charge is -2.23. The van der Waals surface area contributed by atoms with Crippen LogP contribution in [0.25, 0.3) is 0 Å². The van der Waals surface area contributed by atoms with Gasteiger partial charge in [0.05, 0.1) is 12.8 Å². The molecule has 0 aliphatic rings. The average molecular weight is 351 g/mol. The number of rotatable bonds is 7. The highest BCUT2D eigenvalue weighted by atomic mass is 79.9. The van der Waals surface area contributed by atoms with Gasteiger partial charge in [0, 0.05) is 29.3 Å². The van der Waals surface area contributed by atoms with Crippen LogP contribution < -0.4 is 10.2 Å². The number of furan rings is 1. The summed E-state index contributed by atoms with van der Waals surface area (Å²) in [5, 5.41) is 3.44. The Morgan fingerprint density at radius 1 is 1.29 bits per heavy atom. The topological polar surface area (TPSA) is 28.4 Å². The van der Waals surface area contributed by atoms with E-state index in [-0.39, 0.29) is 0 Å². The summed E-state index contributed by atoms with van der Waals surface area (Å²) in [6.07, 6.45) is 1.72. The van der Waals surface area contributed by atoms with Crippen LogP contribution in [0, 0.1) is 0 Å². The molecule has 1 aromatic heterocycles. The molecule has 21 heavy (non-hydrogen) atoms. The van der Waals surface area contributed by atoms with Crippen molar-refractivity contribution >= 4 is 21.6 Å². The summed E-state index contributed by atoms with van der Waals surface area (Å²) >= 11 is 3.68. The molecule has 1 aromatic carbocycles. The van der Waals surface area contributed by atoms with Crippen molar-refractivity contribution in [1.82, 2.24) is 5.32 Å². The van der Waals surface area contributed by atoms with Crippen LogP contribution in [-0.2, 0) is 13.1 Å². The SMILES string of the molecule is CCN(Cc1ccco1)c1ccc(CNC(C)C)c(Br)c1. The van der Waals surface area contributed by atoms with E-state index in [0.29, 0.717) is 6.04 Å². The number of anilines is 1. The highest BCUT2D eigenvalue weighted by Crippen LogP contribution is 2.25. The van der Waals surface area contributed by atoms with Crippen molar-refractivity contribution in [2.75, 3.05) is 11.4 Å². The smallest absolute Gasteiger partial charge is 0.123 e. The Morgan fingerprint density at radius 3 is 2.67 bits per heavy atom. The van der Waals surface area contributed by atoms with Gasteiger partial charge in [-0.05, 0) is 36.8 Å². The molecular formula is C17H23BrN2O. The number of benzene rings is 1. The van der Waals surface area contributed by atoms with Crippen LogP contribution in [0.3, 0.4) is 0 Å². The molecule has 0 aliphatic heterocycles. The van der Waals surface area contributed by atoms with Gasteiger partial charge in [0.25, 0.3) is 0 Å². The van der Waals surface area contributed by atoms with E-state index in [1.807, 2.05) is 12.1 Å². The Morgan fingerprint density at radius 2 is 2.10 bits per heavy atom. The van der Waals surface area contributed by atoms with Crippen molar-refractivity contribution in [2.24, 2.45) is 0 Å². The van der Waals surface area contributed by atoms with E-state index in [9.17, 15) is 0 Å². The lowest BCUT2D eigenvalue weighted by molar-refractivity contribution is 0.503. The molecule has 0 radical (unpaired) electrons. The Kier molecular flexibility index (Phi) is 5.88. The van der Waals surface area contributed by atoms with E-state index in [0.717, 1.165) is 29.9 Å². The maximum atomic E-state index is 5.44. The maximum Gasteiger partial charge on any atom is 0.123 e. The Labute approximate surface area is 135 Å². The standard InChI is InChI=1S/C17H23BrN2O/c1-4-20(12-16-6-5-9-21-16)15-8-7-14(17(18)10-15)11-19-13(2)3/h5-10,13,19H,4,11-12H2,1-3H3. The van der Waals surface area contributed by atoms with E-state index in [2.05, 4.69) is 65.1 Å². The zero-order valence-electron chi connectivity index (χ0n) is 12.9. The number of hydrogen-bond donors (Lipinski definition) is 1. The fraction of sp³-hybridized carbons (Fsp3) is 0.412. The van der Waals surface area contributed by atoms with Crippen LogP contribution in [-0.4, -0.2) is 12.6 Å². The fourth-order valence-corrected chi connectivity index (χ4v) is 2.67. The van der Waals surface area contributed by atoms with E-state index in [1.165, 1.54) is 11.3 Å². The van der Waals surface area contributed by atoms with Crippen molar-refractivity contribution in [3.05, 3.63) is 52.4 Å². The first-order valence-electron chi connectivity index (χ1n) is 7.39. The highest BCUT2D eigenvalue weighted by molar-refractivity contribution is 9.10. The highest BCUT2D eigenvalue weighted by Gasteiger charge is 2.09. The van der Waals surface area contributed by atoms with Gasteiger partial charge in [-0.25, -0.2) is 0 Å². The predicted molar refractivity (Wildman–Crippen MR) is 91.5 cm³/mol. The summed E-state index contributed by atoms with van der Waals surface area (Å²) in [6.45, 7) is 9.08. The molecule has 0 spiro atoms. The van der Waals surface area contributed by atoms with Gasteiger partial charge in [0.1, 0.15) is 5.76 Å². The average Bonchev–Trinajstić information content (AvgIpc) is 2.96. The van der Waals surface area contributed by atoms with Crippen molar-refractivity contribution in [3.8, 4) is 0 Å². The zero-order valence-corrected chi connectivity index (χ0v) is 14.5. The molecule has 0 saturated carbocycles. The number of nitrogens with zero attached hydrogens (tertiary/aromatic N) is 1. The molecule has 2 aromatic rings. The third-order valence-corrected chi connectivity index (χ3v) is 4.15. The quantitative estimate of drug-likeness (QED) is 0.792. The van der Waals surface area contributed by atoms with Crippen LogP contribution in [0.4, 0.5) is 5.69 Å². The molecule has 0 amide bonds. The predicted octanol–water partition coefficient (Wildman–Crippen LogP) is 4.57. The van der Waals surface area contributed by atoms with Crippen LogP contribution in [0.1, 0.15) is 32.1 Å². The van der Waals surface area contributed by atoms with Crippen molar-refractivity contribution in [1.29, 1.82) is 0 Å². The van der Waals surface area contributed by atoms with Gasteiger partial charge in [-0.3, -0.25) is 0 Å². The second-order valence-electron chi connectivity index (χ2n) is 5.40. The summed E-state index contributed by atoms with van der Waals surface area (Å²) in [6, 6.07) is 11.0. The number of halogens is 1. The summed E-state index contributed by atoms with van der Waals surface area (Å²) in [4.78, 5) is 2.29. The molecule has 1 N–H and O–H groups in total. The molecular weight excluding hydrogens is 328 g/mol. The molecule has 4 heteroatoms. The van der Waals surface area contributed by atoms with Crippen molar-refractivity contribution in [3.63, 3.8) is 0 Å². The lowest BCUT2D eigenvalue weighted by atomic mass is 10.1. The molecule has 2 rings (SSSR count). The van der Waals surface area contributed by atoms with E-state index < -0.39 is 0 Å². The molecule has 1 heterocycles. The second-order valence-corrected chi connectivity index (χ2v) is 6.26. The first-order chi connectivity index (χ1) is 10.1. The molecule has 0 aliphatic carbocycles. The van der Waals surface area contributed by atoms with Gasteiger partial charge in [-0.15, -0.1) is 0 Å². The van der Waals surface area contributed by atoms with E-state index >= 15 is 0 Å². The summed E-state index contributed by atoms with van der Waals surface area (Å²) < 4.78 is 6.59. The van der Waals surface area contributed by atoms with Crippen molar-refractivity contribution < 1.29 is 4.42 Å². The summed E-state index contributed by atoms with van der Waals surface area (Å²) in [5.74, 6) is 0.985. The third-order valence-electron chi connectivity index (χ3n) is 3.41. The molecule has 0 fully saturated rings. The van der Waals surface area contributed by atoms with E-state index in [1.54, 1.807) is 6.26 Å². The summed E-state index contributed by atoms with van der Waals surface area (Å²) in [5.41, 5.74) is 2.48. The van der Waals surface area contributed by atoms with Gasteiger partial charge in [0.15, 0.2) is 0 Å². The summed E-state index contributed by atoms with van der Waals surface area (Å²) in [7, 11) is 0. The Hall–Kier alpha value is -1.26. The Balaban J connectivity index is 2.09. The van der Waals surface area contributed by atoms with Gasteiger partial charge < -0.3 is 14.6 Å². The fourth-order valence-electron chi connectivity index (χ4n) is 2.17. The minimum absolute atomic E-state index is 0.489. The van der Waals surface area contributed by atoms with Crippen LogP contribution in [0.5, 0.6) is 0 Å². The van der Waals surface area contributed by atoms with Crippen LogP contribution in [0.15, 0.2) is 45.5 Å². The minimum atomic E-state index is 0.489. The van der Waals surface area contributed by atoms with Crippen LogP contribution in [0.2, 0.25) is 0 Å².